The van der Waals surface area contributed by atoms with E-state index in [1.807, 2.05) is 19.9 Å². The summed E-state index contributed by atoms with van der Waals surface area (Å²) in [6.07, 6.45) is -2.18. The van der Waals surface area contributed by atoms with E-state index in [0.29, 0.717) is 18.1 Å². The molecule has 2 N–H and O–H groups in total. The summed E-state index contributed by atoms with van der Waals surface area (Å²) < 4.78 is 42.7. The van der Waals surface area contributed by atoms with E-state index >= 15 is 0 Å². The first-order valence-corrected chi connectivity index (χ1v) is 11.0. The second-order valence-corrected chi connectivity index (χ2v) is 7.99. The first kappa shape index (κ1) is 28.8. The lowest BCUT2D eigenvalue weighted by Gasteiger charge is -2.20. The Labute approximate surface area is 207 Å². The van der Waals surface area contributed by atoms with E-state index in [1.165, 1.54) is 6.42 Å². The first-order valence-electron chi connectivity index (χ1n) is 11.0. The van der Waals surface area contributed by atoms with Gasteiger partial charge in [-0.2, -0.15) is 13.2 Å². The topological polar surface area (TPSA) is 52.1 Å². The SMILES string of the molecule is CCNC(=NCc1ccc(C)cc1OCC(F)(F)F)NCCCN1CCCN(C)CC1.I. The van der Waals surface area contributed by atoms with Gasteiger partial charge in [0.25, 0.3) is 0 Å². The van der Waals surface area contributed by atoms with Gasteiger partial charge < -0.3 is 25.2 Å². The maximum Gasteiger partial charge on any atom is 0.422 e. The third-order valence-corrected chi connectivity index (χ3v) is 5.12. The summed E-state index contributed by atoms with van der Waals surface area (Å²) in [5.74, 6) is 0.878. The number of nitrogens with one attached hydrogen (secondary N) is 2. The van der Waals surface area contributed by atoms with Crippen LogP contribution in [-0.4, -0.2) is 81.4 Å². The summed E-state index contributed by atoms with van der Waals surface area (Å²) in [5.41, 5.74) is 1.47. The zero-order chi connectivity index (χ0) is 22.7. The van der Waals surface area contributed by atoms with Crippen LogP contribution in [0.2, 0.25) is 0 Å². The lowest BCUT2D eigenvalue weighted by Crippen LogP contribution is -2.39. The van der Waals surface area contributed by atoms with Gasteiger partial charge in [0.2, 0.25) is 0 Å². The molecule has 1 aliphatic rings. The summed E-state index contributed by atoms with van der Waals surface area (Å²) in [6.45, 7) is 9.74. The van der Waals surface area contributed by atoms with Gasteiger partial charge in [-0.1, -0.05) is 12.1 Å². The highest BCUT2D eigenvalue weighted by atomic mass is 127. The van der Waals surface area contributed by atoms with Crippen molar-refractivity contribution in [2.75, 3.05) is 59.5 Å². The number of halogens is 4. The number of nitrogens with zero attached hydrogens (tertiary/aromatic N) is 3. The Kier molecular flexibility index (Phi) is 13.3. The Morgan fingerprint density at radius 3 is 2.66 bits per heavy atom. The molecule has 1 fully saturated rings. The van der Waals surface area contributed by atoms with E-state index < -0.39 is 12.8 Å². The van der Waals surface area contributed by atoms with Gasteiger partial charge >= 0.3 is 6.18 Å². The Hall–Kier alpha value is -1.27. The van der Waals surface area contributed by atoms with E-state index in [9.17, 15) is 13.2 Å². The van der Waals surface area contributed by atoms with Crippen molar-refractivity contribution < 1.29 is 17.9 Å². The molecule has 0 aromatic heterocycles. The standard InChI is InChI=1S/C22H36F3N5O.HI/c1-4-26-21(27-9-5-11-30-12-6-10-29(3)13-14-30)28-16-19-8-7-18(2)15-20(19)31-17-22(23,24)25;/h7-8,15H,4-6,9-14,16-17H2,1-3H3,(H2,26,27,28);1H. The van der Waals surface area contributed by atoms with Crippen molar-refractivity contribution in [2.24, 2.45) is 4.99 Å². The molecule has 0 atom stereocenters. The van der Waals surface area contributed by atoms with Gasteiger partial charge in [0.15, 0.2) is 12.6 Å². The number of benzene rings is 1. The molecule has 1 aromatic rings. The van der Waals surface area contributed by atoms with Gasteiger partial charge in [0.05, 0.1) is 6.54 Å². The zero-order valence-corrected chi connectivity index (χ0v) is 21.6. The number of ether oxygens (including phenoxy) is 1. The average Bonchev–Trinajstić information content (AvgIpc) is 2.92. The molecule has 0 unspecified atom stereocenters. The molecular weight excluding hydrogens is 534 g/mol. The van der Waals surface area contributed by atoms with Gasteiger partial charge in [-0.3, -0.25) is 0 Å². The van der Waals surface area contributed by atoms with Crippen molar-refractivity contribution in [3.05, 3.63) is 29.3 Å². The molecular formula is C22H37F3IN5O. The number of alkyl halides is 3. The van der Waals surface area contributed by atoms with E-state index in [0.717, 1.165) is 51.3 Å². The predicted octanol–water partition coefficient (Wildman–Crippen LogP) is 3.64. The summed E-state index contributed by atoms with van der Waals surface area (Å²) in [5, 5.41) is 6.52. The number of hydrogen-bond acceptors (Lipinski definition) is 4. The van der Waals surface area contributed by atoms with Crippen molar-refractivity contribution in [1.29, 1.82) is 0 Å². The van der Waals surface area contributed by atoms with Crippen LogP contribution in [0.15, 0.2) is 23.2 Å². The quantitative estimate of drug-likeness (QED) is 0.205. The molecule has 1 saturated heterocycles. The third-order valence-electron chi connectivity index (χ3n) is 5.12. The van der Waals surface area contributed by atoms with Crippen molar-refractivity contribution >= 4 is 29.9 Å². The Morgan fingerprint density at radius 2 is 1.94 bits per heavy atom. The number of guanidine groups is 1. The molecule has 0 spiro atoms. The van der Waals surface area contributed by atoms with Crippen LogP contribution in [0.5, 0.6) is 5.75 Å². The van der Waals surface area contributed by atoms with Crippen molar-refractivity contribution in [2.45, 2.75) is 39.4 Å². The Morgan fingerprint density at radius 1 is 1.16 bits per heavy atom. The molecule has 0 bridgehead atoms. The minimum atomic E-state index is -4.37. The Bertz CT molecular complexity index is 703. The molecule has 6 nitrogen and oxygen atoms in total. The fraction of sp³-hybridized carbons (Fsp3) is 0.682. The molecule has 0 aliphatic carbocycles. The summed E-state index contributed by atoms with van der Waals surface area (Å²) in [7, 11) is 2.16. The van der Waals surface area contributed by atoms with Crippen LogP contribution in [0.3, 0.4) is 0 Å². The van der Waals surface area contributed by atoms with Gasteiger partial charge in [-0.15, -0.1) is 24.0 Å². The molecule has 0 saturated carbocycles. The predicted molar refractivity (Wildman–Crippen MR) is 134 cm³/mol. The molecule has 1 aromatic carbocycles. The van der Waals surface area contributed by atoms with Crippen LogP contribution in [0.25, 0.3) is 0 Å². The second kappa shape index (κ2) is 14.8. The van der Waals surface area contributed by atoms with Crippen molar-refractivity contribution in [3.63, 3.8) is 0 Å². The minimum absolute atomic E-state index is 0. The van der Waals surface area contributed by atoms with Crippen LogP contribution in [0, 0.1) is 6.92 Å². The number of rotatable bonds is 9. The molecule has 32 heavy (non-hydrogen) atoms. The highest BCUT2D eigenvalue weighted by molar-refractivity contribution is 14.0. The van der Waals surface area contributed by atoms with Crippen LogP contribution >= 0.6 is 24.0 Å². The van der Waals surface area contributed by atoms with Crippen molar-refractivity contribution in [1.82, 2.24) is 20.4 Å². The monoisotopic (exact) mass is 571 g/mol. The largest absolute Gasteiger partial charge is 0.484 e. The third kappa shape index (κ3) is 11.6. The summed E-state index contributed by atoms with van der Waals surface area (Å²) in [4.78, 5) is 9.40. The van der Waals surface area contributed by atoms with Crippen LogP contribution < -0.4 is 15.4 Å². The molecule has 1 aliphatic heterocycles. The zero-order valence-electron chi connectivity index (χ0n) is 19.3. The van der Waals surface area contributed by atoms with E-state index in [1.54, 1.807) is 12.1 Å². The molecule has 2 rings (SSSR count). The lowest BCUT2D eigenvalue weighted by molar-refractivity contribution is -0.153. The second-order valence-electron chi connectivity index (χ2n) is 7.99. The van der Waals surface area contributed by atoms with Crippen molar-refractivity contribution in [3.8, 4) is 5.75 Å². The Balaban J connectivity index is 0.00000512. The van der Waals surface area contributed by atoms with Gasteiger partial charge in [0, 0.05) is 31.7 Å². The van der Waals surface area contributed by atoms with Gasteiger partial charge in [-0.25, -0.2) is 4.99 Å². The highest BCUT2D eigenvalue weighted by Gasteiger charge is 2.28. The maximum atomic E-state index is 12.6. The molecule has 184 valence electrons. The average molecular weight is 571 g/mol. The van der Waals surface area contributed by atoms with Gasteiger partial charge in [-0.05, 0) is 65.0 Å². The van der Waals surface area contributed by atoms with E-state index in [2.05, 4.69) is 32.5 Å². The van der Waals surface area contributed by atoms with E-state index in [4.69, 9.17) is 4.74 Å². The fourth-order valence-corrected chi connectivity index (χ4v) is 3.43. The first-order chi connectivity index (χ1) is 14.8. The fourth-order valence-electron chi connectivity index (χ4n) is 3.43. The maximum absolute atomic E-state index is 12.6. The highest BCUT2D eigenvalue weighted by Crippen LogP contribution is 2.24. The number of hydrogen-bond donors (Lipinski definition) is 2. The van der Waals surface area contributed by atoms with Crippen LogP contribution in [0.1, 0.15) is 30.9 Å². The van der Waals surface area contributed by atoms with Crippen LogP contribution in [-0.2, 0) is 6.54 Å². The minimum Gasteiger partial charge on any atom is -0.484 e. The summed E-state index contributed by atoms with van der Waals surface area (Å²) >= 11 is 0. The van der Waals surface area contributed by atoms with E-state index in [-0.39, 0.29) is 36.3 Å². The summed E-state index contributed by atoms with van der Waals surface area (Å²) in [6, 6.07) is 5.24. The van der Waals surface area contributed by atoms with Crippen LogP contribution in [0.4, 0.5) is 13.2 Å². The molecule has 0 amide bonds. The molecule has 1 heterocycles. The number of aryl methyl sites for hydroxylation is 1. The molecule has 10 heteroatoms. The smallest absolute Gasteiger partial charge is 0.422 e. The lowest BCUT2D eigenvalue weighted by atomic mass is 10.1. The number of likely N-dealkylation sites (N-methyl/N-ethyl adjacent to an activating group) is 1. The molecule has 0 radical (unpaired) electrons. The normalized spacial score (nSPS) is 16.2. The van der Waals surface area contributed by atoms with Gasteiger partial charge in [0.1, 0.15) is 5.75 Å². The number of aliphatic imine (C=N–C) groups is 1.